The Labute approximate surface area is 114 Å². The quantitative estimate of drug-likeness (QED) is 0.388. The molecule has 0 fully saturated rings. The van der Waals surface area contributed by atoms with Crippen molar-refractivity contribution in [3.05, 3.63) is 54.6 Å². The molecule has 0 saturated heterocycles. The van der Waals surface area contributed by atoms with Crippen LogP contribution in [0.5, 0.6) is 0 Å². The summed E-state index contributed by atoms with van der Waals surface area (Å²) in [5.41, 5.74) is 1.17. The summed E-state index contributed by atoms with van der Waals surface area (Å²) in [6.07, 6.45) is 6.88. The van der Waals surface area contributed by atoms with Gasteiger partial charge < -0.3 is 9.47 Å². The number of unbranched alkanes of at least 4 members (excludes halogenated alkanes) is 1. The standard InChI is InChI=1S/C16H20O3/c1-2-16(17)19-14-7-6-12-18-13-8-11-15-9-4-3-5-10-15/h2-5,8-11H,1,6-7,12-14H2. The summed E-state index contributed by atoms with van der Waals surface area (Å²) in [5.74, 6) is -0.369. The summed E-state index contributed by atoms with van der Waals surface area (Å²) in [6.45, 7) is 5.02. The second kappa shape index (κ2) is 10.1. The molecule has 0 aliphatic heterocycles. The number of benzene rings is 1. The van der Waals surface area contributed by atoms with Gasteiger partial charge in [-0.25, -0.2) is 4.79 Å². The summed E-state index contributed by atoms with van der Waals surface area (Å²) in [5, 5.41) is 0. The van der Waals surface area contributed by atoms with Crippen molar-refractivity contribution in [2.45, 2.75) is 12.8 Å². The highest BCUT2D eigenvalue weighted by molar-refractivity contribution is 5.81. The van der Waals surface area contributed by atoms with E-state index >= 15 is 0 Å². The highest BCUT2D eigenvalue weighted by Gasteiger charge is 1.94. The van der Waals surface area contributed by atoms with Crippen molar-refractivity contribution < 1.29 is 14.3 Å². The van der Waals surface area contributed by atoms with Gasteiger partial charge in [-0.15, -0.1) is 0 Å². The van der Waals surface area contributed by atoms with E-state index in [9.17, 15) is 4.79 Å². The van der Waals surface area contributed by atoms with Gasteiger partial charge in [-0.1, -0.05) is 49.1 Å². The molecule has 0 bridgehead atoms. The monoisotopic (exact) mass is 260 g/mol. The molecule has 0 atom stereocenters. The number of carbonyl (C=O) groups excluding carboxylic acids is 1. The fraction of sp³-hybridized carbons (Fsp3) is 0.312. The van der Waals surface area contributed by atoms with Crippen LogP contribution in [0.3, 0.4) is 0 Å². The van der Waals surface area contributed by atoms with Gasteiger partial charge in [0.2, 0.25) is 0 Å². The predicted molar refractivity (Wildman–Crippen MR) is 76.7 cm³/mol. The average Bonchev–Trinajstić information content (AvgIpc) is 2.46. The minimum atomic E-state index is -0.369. The van der Waals surface area contributed by atoms with Crippen molar-refractivity contribution in [1.82, 2.24) is 0 Å². The van der Waals surface area contributed by atoms with E-state index in [1.165, 1.54) is 11.6 Å². The Hall–Kier alpha value is -1.87. The Morgan fingerprint density at radius 3 is 2.63 bits per heavy atom. The minimum absolute atomic E-state index is 0.369. The molecule has 0 radical (unpaired) electrons. The van der Waals surface area contributed by atoms with Crippen LogP contribution in [0.25, 0.3) is 6.08 Å². The maximum atomic E-state index is 10.7. The van der Waals surface area contributed by atoms with Crippen molar-refractivity contribution >= 4 is 12.0 Å². The van der Waals surface area contributed by atoms with Crippen molar-refractivity contribution in [2.24, 2.45) is 0 Å². The molecule has 0 aliphatic carbocycles. The van der Waals surface area contributed by atoms with Gasteiger partial charge in [-0.2, -0.15) is 0 Å². The summed E-state index contributed by atoms with van der Waals surface area (Å²) >= 11 is 0. The summed E-state index contributed by atoms with van der Waals surface area (Å²) in [7, 11) is 0. The van der Waals surface area contributed by atoms with Crippen LogP contribution < -0.4 is 0 Å². The van der Waals surface area contributed by atoms with Crippen LogP contribution in [0.2, 0.25) is 0 Å². The van der Waals surface area contributed by atoms with Crippen LogP contribution in [-0.2, 0) is 14.3 Å². The summed E-state index contributed by atoms with van der Waals surface area (Å²) < 4.78 is 10.3. The van der Waals surface area contributed by atoms with Gasteiger partial charge in [0.25, 0.3) is 0 Å². The second-order valence-electron chi connectivity index (χ2n) is 3.97. The third-order valence-corrected chi connectivity index (χ3v) is 2.42. The van der Waals surface area contributed by atoms with Gasteiger partial charge in [-0.05, 0) is 18.4 Å². The smallest absolute Gasteiger partial charge is 0.330 e. The number of ether oxygens (including phenoxy) is 2. The molecule has 1 rings (SSSR count). The van der Waals surface area contributed by atoms with Gasteiger partial charge in [0, 0.05) is 12.7 Å². The van der Waals surface area contributed by atoms with Gasteiger partial charge >= 0.3 is 5.97 Å². The molecule has 0 spiro atoms. The molecule has 0 unspecified atom stereocenters. The van der Waals surface area contributed by atoms with Gasteiger partial charge in [-0.3, -0.25) is 0 Å². The molecule has 0 aromatic heterocycles. The lowest BCUT2D eigenvalue weighted by Gasteiger charge is -2.02. The van der Waals surface area contributed by atoms with E-state index in [-0.39, 0.29) is 5.97 Å². The zero-order valence-corrected chi connectivity index (χ0v) is 11.1. The normalized spacial score (nSPS) is 10.5. The Morgan fingerprint density at radius 1 is 1.16 bits per heavy atom. The first-order valence-corrected chi connectivity index (χ1v) is 6.41. The van der Waals surface area contributed by atoms with E-state index in [4.69, 9.17) is 9.47 Å². The third-order valence-electron chi connectivity index (χ3n) is 2.42. The first-order chi connectivity index (χ1) is 9.33. The first-order valence-electron chi connectivity index (χ1n) is 6.41. The molecular formula is C16H20O3. The van der Waals surface area contributed by atoms with Gasteiger partial charge in [0.05, 0.1) is 13.2 Å². The topological polar surface area (TPSA) is 35.5 Å². The maximum absolute atomic E-state index is 10.7. The Bertz CT molecular complexity index is 396. The molecule has 0 saturated carbocycles. The zero-order chi connectivity index (χ0) is 13.8. The van der Waals surface area contributed by atoms with E-state index in [2.05, 4.69) is 6.58 Å². The largest absolute Gasteiger partial charge is 0.463 e. The Morgan fingerprint density at radius 2 is 1.89 bits per heavy atom. The summed E-state index contributed by atoms with van der Waals surface area (Å²) in [4.78, 5) is 10.7. The molecule has 19 heavy (non-hydrogen) atoms. The lowest BCUT2D eigenvalue weighted by Crippen LogP contribution is -2.03. The minimum Gasteiger partial charge on any atom is -0.463 e. The highest BCUT2D eigenvalue weighted by atomic mass is 16.5. The van der Waals surface area contributed by atoms with Gasteiger partial charge in [0.15, 0.2) is 0 Å². The average molecular weight is 260 g/mol. The Balaban J connectivity index is 1.95. The van der Waals surface area contributed by atoms with Crippen LogP contribution in [0.15, 0.2) is 49.1 Å². The molecule has 0 heterocycles. The molecule has 0 aliphatic rings. The molecule has 0 amide bonds. The zero-order valence-electron chi connectivity index (χ0n) is 11.1. The molecule has 1 aromatic rings. The fourth-order valence-electron chi connectivity index (χ4n) is 1.44. The van der Waals surface area contributed by atoms with Crippen LogP contribution >= 0.6 is 0 Å². The van der Waals surface area contributed by atoms with Gasteiger partial charge in [0.1, 0.15) is 0 Å². The molecule has 1 aromatic carbocycles. The van der Waals surface area contributed by atoms with E-state index in [0.29, 0.717) is 19.8 Å². The molecular weight excluding hydrogens is 240 g/mol. The van der Waals surface area contributed by atoms with Crippen LogP contribution in [0.1, 0.15) is 18.4 Å². The number of esters is 1. The fourth-order valence-corrected chi connectivity index (χ4v) is 1.44. The van der Waals surface area contributed by atoms with E-state index < -0.39 is 0 Å². The lowest BCUT2D eigenvalue weighted by molar-refractivity contribution is -0.137. The summed E-state index contributed by atoms with van der Waals surface area (Å²) in [6, 6.07) is 10.1. The van der Waals surface area contributed by atoms with Crippen molar-refractivity contribution in [1.29, 1.82) is 0 Å². The van der Waals surface area contributed by atoms with Crippen LogP contribution in [-0.4, -0.2) is 25.8 Å². The molecule has 102 valence electrons. The molecule has 3 nitrogen and oxygen atoms in total. The number of carbonyl (C=O) groups is 1. The number of hydrogen-bond donors (Lipinski definition) is 0. The highest BCUT2D eigenvalue weighted by Crippen LogP contribution is 2.00. The molecule has 3 heteroatoms. The second-order valence-corrected chi connectivity index (χ2v) is 3.97. The van der Waals surface area contributed by atoms with Crippen molar-refractivity contribution in [2.75, 3.05) is 19.8 Å². The molecule has 0 N–H and O–H groups in total. The van der Waals surface area contributed by atoms with Crippen LogP contribution in [0.4, 0.5) is 0 Å². The lowest BCUT2D eigenvalue weighted by atomic mass is 10.2. The maximum Gasteiger partial charge on any atom is 0.330 e. The predicted octanol–water partition coefficient (Wildman–Crippen LogP) is 3.23. The van der Waals surface area contributed by atoms with E-state index in [1.807, 2.05) is 42.5 Å². The first kappa shape index (κ1) is 15.2. The number of hydrogen-bond acceptors (Lipinski definition) is 3. The SMILES string of the molecule is C=CC(=O)OCCCCOCC=Cc1ccccc1. The van der Waals surface area contributed by atoms with Crippen molar-refractivity contribution in [3.8, 4) is 0 Å². The van der Waals surface area contributed by atoms with E-state index in [1.54, 1.807) is 0 Å². The Kier molecular flexibility index (Phi) is 8.07. The van der Waals surface area contributed by atoms with Crippen LogP contribution in [0, 0.1) is 0 Å². The van der Waals surface area contributed by atoms with E-state index in [0.717, 1.165) is 12.8 Å². The third kappa shape index (κ3) is 7.95. The van der Waals surface area contributed by atoms with Crippen molar-refractivity contribution in [3.63, 3.8) is 0 Å². The number of rotatable bonds is 9.